The average Bonchev–Trinajstić information content (AvgIpc) is 3.08. The molecule has 1 amide bonds. The van der Waals surface area contributed by atoms with Gasteiger partial charge in [0.1, 0.15) is 17.1 Å². The number of hydrogen-bond acceptors (Lipinski definition) is 4. The van der Waals surface area contributed by atoms with E-state index in [1.807, 2.05) is 0 Å². The van der Waals surface area contributed by atoms with Crippen LogP contribution in [0.15, 0.2) is 56.8 Å². The molecule has 0 fully saturated rings. The smallest absolute Gasteiger partial charge is 0.328 e. The zero-order chi connectivity index (χ0) is 18.0. The zero-order valence-electron chi connectivity index (χ0n) is 13.2. The number of carbonyl (C=O) groups excluding carboxylic acids is 1. The lowest BCUT2D eigenvalue weighted by Gasteiger charge is -2.08. The Morgan fingerprint density at radius 3 is 2.80 bits per heavy atom. The van der Waals surface area contributed by atoms with Crippen molar-refractivity contribution in [2.24, 2.45) is 0 Å². The highest BCUT2D eigenvalue weighted by Gasteiger charge is 2.16. The van der Waals surface area contributed by atoms with Crippen LogP contribution in [-0.2, 0) is 6.54 Å². The molecule has 0 atom stereocenters. The topological polar surface area (TPSA) is 97.1 Å². The molecule has 0 unspecified atom stereocenters. The van der Waals surface area contributed by atoms with E-state index >= 15 is 0 Å². The lowest BCUT2D eigenvalue weighted by Crippen LogP contribution is -2.39. The van der Waals surface area contributed by atoms with Crippen LogP contribution in [0.5, 0.6) is 0 Å². The van der Waals surface area contributed by atoms with Crippen LogP contribution in [0.4, 0.5) is 10.1 Å². The summed E-state index contributed by atoms with van der Waals surface area (Å²) in [5, 5.41) is 2.43. The number of aryl methyl sites for hydroxylation is 1. The van der Waals surface area contributed by atoms with Crippen LogP contribution in [-0.4, -0.2) is 15.5 Å². The molecule has 0 aliphatic rings. The fourth-order valence-corrected chi connectivity index (χ4v) is 2.24. The van der Waals surface area contributed by atoms with E-state index in [0.29, 0.717) is 11.3 Å². The first-order valence-electron chi connectivity index (χ1n) is 7.38. The maximum Gasteiger partial charge on any atom is 0.328 e. The van der Waals surface area contributed by atoms with Crippen molar-refractivity contribution in [2.75, 3.05) is 5.32 Å². The molecule has 0 saturated carbocycles. The molecule has 2 N–H and O–H groups in total. The van der Waals surface area contributed by atoms with Crippen molar-refractivity contribution in [3.8, 4) is 0 Å². The molecule has 2 aromatic heterocycles. The van der Waals surface area contributed by atoms with Crippen molar-refractivity contribution in [1.82, 2.24) is 9.55 Å². The van der Waals surface area contributed by atoms with Crippen LogP contribution in [0.25, 0.3) is 0 Å². The third-order valence-corrected chi connectivity index (χ3v) is 3.63. The summed E-state index contributed by atoms with van der Waals surface area (Å²) in [5.74, 6) is -0.835. The molecule has 128 valence electrons. The molecule has 0 spiro atoms. The second kappa shape index (κ2) is 6.60. The van der Waals surface area contributed by atoms with Gasteiger partial charge in [-0.25, -0.2) is 9.18 Å². The fourth-order valence-electron chi connectivity index (χ4n) is 2.24. The Morgan fingerprint density at radius 1 is 1.32 bits per heavy atom. The van der Waals surface area contributed by atoms with Crippen molar-refractivity contribution in [2.45, 2.75) is 13.5 Å². The molecule has 0 bridgehead atoms. The van der Waals surface area contributed by atoms with E-state index in [1.54, 1.807) is 19.1 Å². The Morgan fingerprint density at radius 2 is 2.12 bits per heavy atom. The largest absolute Gasteiger partial charge is 0.467 e. The van der Waals surface area contributed by atoms with Crippen LogP contribution in [0.2, 0.25) is 0 Å². The molecule has 3 rings (SSSR count). The molecule has 0 saturated heterocycles. The molecule has 0 aliphatic carbocycles. The van der Waals surface area contributed by atoms with E-state index in [1.165, 1.54) is 18.4 Å². The van der Waals surface area contributed by atoms with Crippen molar-refractivity contribution in [1.29, 1.82) is 0 Å². The summed E-state index contributed by atoms with van der Waals surface area (Å²) in [6, 6.07) is 7.40. The summed E-state index contributed by atoms with van der Waals surface area (Å²) < 4.78 is 19.5. The lowest BCUT2D eigenvalue weighted by molar-refractivity contribution is 0.102. The minimum atomic E-state index is -0.773. The van der Waals surface area contributed by atoms with Crippen molar-refractivity contribution in [3.05, 3.63) is 86.3 Å². The summed E-state index contributed by atoms with van der Waals surface area (Å²) in [5.41, 5.74) is -1.07. The average molecular weight is 343 g/mol. The van der Waals surface area contributed by atoms with E-state index in [9.17, 15) is 18.8 Å². The number of aromatic amines is 1. The molecule has 8 heteroatoms. The number of carbonyl (C=O) groups is 1. The van der Waals surface area contributed by atoms with Gasteiger partial charge in [0.2, 0.25) is 0 Å². The van der Waals surface area contributed by atoms with Crippen molar-refractivity contribution >= 4 is 11.6 Å². The van der Waals surface area contributed by atoms with Gasteiger partial charge in [-0.1, -0.05) is 6.07 Å². The Kier molecular flexibility index (Phi) is 4.34. The van der Waals surface area contributed by atoms with Gasteiger partial charge in [0.05, 0.1) is 12.8 Å². The predicted molar refractivity (Wildman–Crippen MR) is 88.2 cm³/mol. The van der Waals surface area contributed by atoms with E-state index < -0.39 is 23.0 Å². The summed E-state index contributed by atoms with van der Waals surface area (Å²) in [6.45, 7) is 1.48. The standard InChI is InChI=1S/C17H14FN3O4/c1-10-4-5-11(7-14(10)18)20-15(22)13-8-19-17(24)21(16(13)23)9-12-3-2-6-25-12/h2-8H,9H2,1H3,(H,19,24)(H,20,22). The Labute approximate surface area is 140 Å². The van der Waals surface area contributed by atoms with Crippen LogP contribution >= 0.6 is 0 Å². The normalized spacial score (nSPS) is 10.6. The van der Waals surface area contributed by atoms with Crippen LogP contribution < -0.4 is 16.6 Å². The number of nitrogens with zero attached hydrogens (tertiary/aromatic N) is 1. The number of H-pyrrole nitrogens is 1. The summed E-state index contributed by atoms with van der Waals surface area (Å²) in [6.07, 6.45) is 2.44. The van der Waals surface area contributed by atoms with E-state index in [2.05, 4.69) is 10.3 Å². The quantitative estimate of drug-likeness (QED) is 0.756. The molecule has 0 radical (unpaired) electrons. The minimum Gasteiger partial charge on any atom is -0.467 e. The lowest BCUT2D eigenvalue weighted by atomic mass is 10.2. The van der Waals surface area contributed by atoms with Gasteiger partial charge >= 0.3 is 5.69 Å². The molecular weight excluding hydrogens is 329 g/mol. The molecule has 2 heterocycles. The Bertz CT molecular complexity index is 1030. The van der Waals surface area contributed by atoms with E-state index in [4.69, 9.17) is 4.42 Å². The highest BCUT2D eigenvalue weighted by atomic mass is 19.1. The fraction of sp³-hybridized carbons (Fsp3) is 0.118. The number of hydrogen-bond donors (Lipinski definition) is 2. The summed E-state index contributed by atoms with van der Waals surface area (Å²) >= 11 is 0. The van der Waals surface area contributed by atoms with Gasteiger partial charge in [0, 0.05) is 11.9 Å². The maximum atomic E-state index is 13.6. The predicted octanol–water partition coefficient (Wildman–Crippen LogP) is 1.88. The van der Waals surface area contributed by atoms with Crippen molar-refractivity contribution in [3.63, 3.8) is 0 Å². The SMILES string of the molecule is Cc1ccc(NC(=O)c2c[nH]c(=O)n(Cc3ccco3)c2=O)cc1F. The van der Waals surface area contributed by atoms with Gasteiger partial charge < -0.3 is 14.7 Å². The van der Waals surface area contributed by atoms with Gasteiger partial charge in [-0.2, -0.15) is 0 Å². The minimum absolute atomic E-state index is 0.110. The van der Waals surface area contributed by atoms with Gasteiger partial charge in [0.15, 0.2) is 0 Å². The van der Waals surface area contributed by atoms with Crippen LogP contribution in [0.3, 0.4) is 0 Å². The first-order valence-corrected chi connectivity index (χ1v) is 7.38. The first-order chi connectivity index (χ1) is 12.0. The molecule has 1 aromatic carbocycles. The van der Waals surface area contributed by atoms with Crippen LogP contribution in [0, 0.1) is 12.7 Å². The highest BCUT2D eigenvalue weighted by Crippen LogP contribution is 2.14. The maximum absolute atomic E-state index is 13.6. The Balaban J connectivity index is 1.91. The first kappa shape index (κ1) is 16.4. The Hall–Kier alpha value is -3.42. The van der Waals surface area contributed by atoms with Gasteiger partial charge in [-0.15, -0.1) is 0 Å². The number of rotatable bonds is 4. The second-order valence-electron chi connectivity index (χ2n) is 5.40. The highest BCUT2D eigenvalue weighted by molar-refractivity contribution is 6.03. The van der Waals surface area contributed by atoms with E-state index in [-0.39, 0.29) is 17.8 Å². The molecule has 0 aliphatic heterocycles. The van der Waals surface area contributed by atoms with Crippen LogP contribution in [0.1, 0.15) is 21.7 Å². The second-order valence-corrected chi connectivity index (χ2v) is 5.40. The van der Waals surface area contributed by atoms with Gasteiger partial charge in [-0.3, -0.25) is 14.2 Å². The van der Waals surface area contributed by atoms with Gasteiger partial charge in [-0.05, 0) is 36.8 Å². The third-order valence-electron chi connectivity index (χ3n) is 3.63. The summed E-state index contributed by atoms with van der Waals surface area (Å²) in [7, 11) is 0. The number of aromatic nitrogens is 2. The van der Waals surface area contributed by atoms with Crippen molar-refractivity contribution < 1.29 is 13.6 Å². The molecule has 7 nitrogen and oxygen atoms in total. The zero-order valence-corrected chi connectivity index (χ0v) is 13.2. The number of furan rings is 1. The monoisotopic (exact) mass is 343 g/mol. The summed E-state index contributed by atoms with van der Waals surface area (Å²) in [4.78, 5) is 38.9. The van der Waals surface area contributed by atoms with E-state index in [0.717, 1.165) is 16.8 Å². The molecular formula is C17H14FN3O4. The molecule has 25 heavy (non-hydrogen) atoms. The number of halogens is 1. The van der Waals surface area contributed by atoms with Gasteiger partial charge in [0.25, 0.3) is 11.5 Å². The third kappa shape index (κ3) is 3.42. The number of benzene rings is 1. The number of anilines is 1. The molecule has 3 aromatic rings. The number of amides is 1. The number of nitrogens with one attached hydrogen (secondary N) is 2.